The first kappa shape index (κ1) is 67.5. The average molecular weight is 1330 g/mol. The minimum atomic E-state index is -4.94. The highest BCUT2D eigenvalue weighted by atomic mass is 32.2. The molecule has 2 amide bonds. The van der Waals surface area contributed by atoms with Gasteiger partial charge in [0.15, 0.2) is 5.71 Å². The number of nitrogens with two attached hydrogens (primary N) is 1. The molecule has 1 aromatic heterocycles. The predicted molar refractivity (Wildman–Crippen MR) is 323 cm³/mol. The molecule has 2 aliphatic rings. The lowest BCUT2D eigenvalue weighted by molar-refractivity contribution is -0.437. The van der Waals surface area contributed by atoms with Gasteiger partial charge in [-0.3, -0.25) is 24.0 Å². The van der Waals surface area contributed by atoms with Gasteiger partial charge in [0.25, 0.3) is 36.2 Å². The Morgan fingerprint density at radius 1 is 0.793 bits per heavy atom. The number of primary sulfonamides is 1. The van der Waals surface area contributed by atoms with Gasteiger partial charge in [-0.15, -0.1) is 22.8 Å². The molecule has 6 N–H and O–H groups in total. The van der Waals surface area contributed by atoms with Crippen LogP contribution in [0.2, 0.25) is 0 Å². The highest BCUT2D eigenvalue weighted by molar-refractivity contribution is 7.91. The number of carbonyl (C=O) groups excluding carboxylic acids is 2. The Labute approximate surface area is 508 Å². The predicted octanol–water partition coefficient (Wildman–Crippen LogP) is 5.47. The summed E-state index contributed by atoms with van der Waals surface area (Å²) in [6.07, 6.45) is 9.95. The van der Waals surface area contributed by atoms with Crippen LogP contribution in [0.15, 0.2) is 134 Å². The second-order valence-electron chi connectivity index (χ2n) is 21.1. The fourth-order valence-electron chi connectivity index (χ4n) is 10.6. The summed E-state index contributed by atoms with van der Waals surface area (Å²) in [5, 5.41) is 18.6. The van der Waals surface area contributed by atoms with Crippen LogP contribution in [-0.2, 0) is 83.2 Å². The first-order valence-electron chi connectivity index (χ1n) is 26.2. The van der Waals surface area contributed by atoms with Crippen molar-refractivity contribution in [2.45, 2.75) is 96.7 Å². The normalized spacial score (nSPS) is 15.6. The van der Waals surface area contributed by atoms with Crippen molar-refractivity contribution < 1.29 is 82.5 Å². The van der Waals surface area contributed by atoms with Crippen LogP contribution in [0.4, 0.5) is 16.5 Å². The summed E-state index contributed by atoms with van der Waals surface area (Å²) in [5.41, 5.74) is 3.37. The average Bonchev–Trinajstić information content (AvgIpc) is 1.63. The molecule has 2 aliphatic heterocycles. The van der Waals surface area contributed by atoms with Gasteiger partial charge in [-0.25, -0.2) is 34.7 Å². The van der Waals surface area contributed by atoms with Crippen LogP contribution in [-0.4, -0.2) is 137 Å². The third-order valence-electron chi connectivity index (χ3n) is 14.4. The Hall–Kier alpha value is -7.02. The molecule has 0 bridgehead atoms. The van der Waals surface area contributed by atoms with Gasteiger partial charge < -0.3 is 14.8 Å². The molecular formula is C54H60N8O18S7. The Kier molecular flexibility index (Phi) is 20.1. The minimum Gasteiger partial charge on any atom is -0.748 e. The van der Waals surface area contributed by atoms with Crippen molar-refractivity contribution in [1.29, 1.82) is 0 Å². The monoisotopic (exact) mass is 1330 g/mol. The molecule has 26 nitrogen and oxygen atoms in total. The molecule has 6 aromatic rings. The lowest BCUT2D eigenvalue weighted by Crippen LogP contribution is -2.30. The number of aromatic nitrogens is 2. The maximum atomic E-state index is 14.4. The van der Waals surface area contributed by atoms with E-state index in [1.54, 1.807) is 54.6 Å². The number of anilines is 2. The molecule has 0 aliphatic carbocycles. The smallest absolute Gasteiger partial charge is 0.425 e. The first-order valence-corrected chi connectivity index (χ1v) is 35.5. The second kappa shape index (κ2) is 26.0. The molecule has 8 rings (SSSR count). The van der Waals surface area contributed by atoms with Crippen molar-refractivity contribution in [2.75, 3.05) is 42.7 Å². The number of fused-ring (bicyclic) bond motifs is 6. The number of amides is 2. The Balaban J connectivity index is 0.00000262. The maximum absolute atomic E-state index is 14.4. The van der Waals surface area contributed by atoms with Crippen LogP contribution in [0.5, 0.6) is 0 Å². The third-order valence-corrected chi connectivity index (χ3v) is 21.0. The molecular weight excluding hydrogens is 1270 g/mol. The fraction of sp³-hybridized carbons (Fsp3) is 0.315. The van der Waals surface area contributed by atoms with Gasteiger partial charge in [-0.1, -0.05) is 80.7 Å². The number of allylic oxidation sites excluding steroid dienone is 6. The van der Waals surface area contributed by atoms with E-state index in [-0.39, 0.29) is 71.2 Å². The molecule has 5 aromatic carbocycles. The van der Waals surface area contributed by atoms with Crippen LogP contribution < -0.4 is 20.7 Å². The van der Waals surface area contributed by atoms with Crippen molar-refractivity contribution in [3.63, 3.8) is 0 Å². The van der Waals surface area contributed by atoms with Crippen molar-refractivity contribution >= 4 is 128 Å². The zero-order chi connectivity index (χ0) is 64.4. The summed E-state index contributed by atoms with van der Waals surface area (Å²) in [5.74, 6) is -1.54. The molecule has 0 radical (unpaired) electrons. The van der Waals surface area contributed by atoms with Gasteiger partial charge in [-0.2, -0.15) is 21.4 Å². The number of carbonyl (C=O) groups is 2. The van der Waals surface area contributed by atoms with E-state index in [4.69, 9.17) is 17.8 Å². The van der Waals surface area contributed by atoms with E-state index in [0.717, 1.165) is 23.0 Å². The van der Waals surface area contributed by atoms with E-state index in [9.17, 15) is 65.3 Å². The minimum absolute atomic E-state index is 0.00319. The summed E-state index contributed by atoms with van der Waals surface area (Å²) in [4.78, 5) is 26.2. The van der Waals surface area contributed by atoms with E-state index in [1.165, 1.54) is 41.7 Å². The number of nitrogens with one attached hydrogen (secondary N) is 2. The zero-order valence-electron chi connectivity index (χ0n) is 47.4. The summed E-state index contributed by atoms with van der Waals surface area (Å²) in [7, 11) is -24.3. The van der Waals surface area contributed by atoms with Crippen LogP contribution in [0.25, 0.3) is 21.5 Å². The van der Waals surface area contributed by atoms with Gasteiger partial charge in [0.1, 0.15) is 11.4 Å². The van der Waals surface area contributed by atoms with Crippen molar-refractivity contribution in [1.82, 2.24) is 19.8 Å². The zero-order valence-corrected chi connectivity index (χ0v) is 53.1. The van der Waals surface area contributed by atoms with Crippen molar-refractivity contribution in [3.8, 4) is 0 Å². The number of benzene rings is 5. The maximum Gasteiger partial charge on any atom is 0.425 e. The molecule has 87 heavy (non-hydrogen) atoms. The van der Waals surface area contributed by atoms with Crippen molar-refractivity contribution in [3.05, 3.63) is 137 Å². The second-order valence-corrected chi connectivity index (χ2v) is 30.5. The van der Waals surface area contributed by atoms with Crippen LogP contribution >= 0.6 is 11.3 Å². The van der Waals surface area contributed by atoms with Crippen molar-refractivity contribution in [2.24, 2.45) is 5.14 Å². The Bertz CT molecular complexity index is 4600. The summed E-state index contributed by atoms with van der Waals surface area (Å²) >= 11 is 0.597. The van der Waals surface area contributed by atoms with E-state index in [0.29, 0.717) is 57.6 Å². The number of rotatable bonds is 22. The summed E-state index contributed by atoms with van der Waals surface area (Å²) in [6, 6.07) is 19.8. The van der Waals surface area contributed by atoms with Crippen LogP contribution in [0.3, 0.4) is 0 Å². The molecule has 0 fully saturated rings. The molecule has 0 atom stereocenters. The number of hydrogen-bond acceptors (Lipinski definition) is 20. The van der Waals surface area contributed by atoms with Crippen LogP contribution in [0.1, 0.15) is 87.4 Å². The standard InChI is InChI=1S/C54H60N8O15S6.O3S/c1-7-27-61-42-26-24-38-40(31-36(82(72,73)74)32-44(38)83(75,76)77)49(42)54(4,5)45(61)16-9-8-10-17-46-53(2,3)48-39-14-11-15-43(37(39)23-25-41(48)62(46)29-13-30-79(65,66)67)81(70,71)60(6)28-12-18-47(63)56-33-34-19-21-35(22-20-34)50(64)57-51-58-59-52(78-51)80(55,68)69;1-4(2)3/h8-11,14-17,19-26,31-32H,7,12-13,18,27-30,33H2,1-6H3,(H6-,55,56,57,58,63,64,65,66,67,68,69,72,73,74,75,76,77);. The largest absolute Gasteiger partial charge is 0.748 e. The molecule has 0 saturated carbocycles. The Morgan fingerprint density at radius 3 is 2.06 bits per heavy atom. The van der Waals surface area contributed by atoms with Gasteiger partial charge in [0, 0.05) is 96.1 Å². The first-order chi connectivity index (χ1) is 40.4. The van der Waals surface area contributed by atoms with E-state index < -0.39 is 97.6 Å². The summed E-state index contributed by atoms with van der Waals surface area (Å²) in [6.45, 7) is 10.4. The lowest BCUT2D eigenvalue weighted by Gasteiger charge is -2.27. The van der Waals surface area contributed by atoms with Gasteiger partial charge in [0.05, 0.1) is 25.3 Å². The fourth-order valence-corrected chi connectivity index (χ4v) is 15.2. The molecule has 0 saturated heterocycles. The Morgan fingerprint density at radius 2 is 1.45 bits per heavy atom. The summed E-state index contributed by atoms with van der Waals surface area (Å²) < 4.78 is 185. The highest BCUT2D eigenvalue weighted by Gasteiger charge is 2.46. The number of sulfonamides is 2. The van der Waals surface area contributed by atoms with Gasteiger partial charge in [0.2, 0.25) is 31.1 Å². The van der Waals surface area contributed by atoms with E-state index in [2.05, 4.69) is 20.8 Å². The van der Waals surface area contributed by atoms with E-state index >= 15 is 0 Å². The van der Waals surface area contributed by atoms with Gasteiger partial charge in [-0.05, 0) is 97.1 Å². The SMILES string of the molecule is CCC[N+]1=C(C=CC=CC=C2N(CCCS(=O)(=O)[O-])c3ccc4c(S(=O)(=O)N(C)CCCC(=O)NCc5ccc(C(=O)Nc6nnc(S(N)(=O)=O)s6)cc5)cccc4c3C2(C)C)C(C)(C)c2c1ccc1c(S(=O)(=O)O)cc(S(=O)(=O)O)cc21.O=S(=O)=O. The highest BCUT2D eigenvalue weighted by Crippen LogP contribution is 2.52. The number of nitrogens with zero attached hydrogens (tertiary/aromatic N) is 5. The lowest BCUT2D eigenvalue weighted by atomic mass is 9.79. The molecule has 466 valence electrons. The van der Waals surface area contributed by atoms with Gasteiger partial charge >= 0.3 is 10.6 Å². The topological polar surface area (TPSA) is 405 Å². The molecule has 0 unspecified atom stereocenters. The molecule has 3 heterocycles. The third kappa shape index (κ3) is 15.3. The molecule has 0 spiro atoms. The number of hydrogen-bond donors (Lipinski definition) is 5. The molecule has 33 heteroatoms. The van der Waals surface area contributed by atoms with E-state index in [1.807, 2.05) is 62.3 Å². The quantitative estimate of drug-likeness (QED) is 0.0243. The van der Waals surface area contributed by atoms with Crippen LogP contribution in [0, 0.1) is 0 Å².